The van der Waals surface area contributed by atoms with Gasteiger partial charge in [-0.2, -0.15) is 0 Å². The molecule has 0 spiro atoms. The summed E-state index contributed by atoms with van der Waals surface area (Å²) in [4.78, 5) is 21.7. The summed E-state index contributed by atoms with van der Waals surface area (Å²) in [5.41, 5.74) is 4.07. The van der Waals surface area contributed by atoms with Crippen molar-refractivity contribution in [2.24, 2.45) is 11.8 Å². The molecule has 5 heterocycles. The third-order valence-corrected chi connectivity index (χ3v) is 8.52. The van der Waals surface area contributed by atoms with Crippen molar-refractivity contribution in [2.75, 3.05) is 29.1 Å². The lowest BCUT2D eigenvalue weighted by Gasteiger charge is -2.42. The standard InChI is InChI=1S/C23H28ClN7O2S.C2H6/c1-13-7-18-17(11-31(13)19-8-20(24)28-22-16(19)5-6-25-22)23(27-12-26-18)30-9-14-3-4-15(10-30)21(14)29-34(2,32)33;1-2/h5-6,8,12-15,21,29H,3-4,7,9-11H2,1-2H3,(H,25,28);1-2H3. The average molecular weight is 532 g/mol. The van der Waals surface area contributed by atoms with E-state index in [0.717, 1.165) is 66.1 Å². The Morgan fingerprint density at radius 1 is 1.17 bits per heavy atom. The molecule has 194 valence electrons. The minimum atomic E-state index is -3.23. The summed E-state index contributed by atoms with van der Waals surface area (Å²) in [6, 6.07) is 4.23. The summed E-state index contributed by atoms with van der Waals surface area (Å²) in [5, 5.41) is 1.51. The first-order valence-corrected chi connectivity index (χ1v) is 15.0. The van der Waals surface area contributed by atoms with Gasteiger partial charge < -0.3 is 14.8 Å². The van der Waals surface area contributed by atoms with Crippen molar-refractivity contribution in [1.29, 1.82) is 0 Å². The maximum Gasteiger partial charge on any atom is 0.208 e. The topological polar surface area (TPSA) is 107 Å². The number of hydrogen-bond acceptors (Lipinski definition) is 7. The highest BCUT2D eigenvalue weighted by Gasteiger charge is 2.44. The number of H-pyrrole nitrogens is 1. The Kier molecular flexibility index (Phi) is 6.86. The van der Waals surface area contributed by atoms with Crippen LogP contribution >= 0.6 is 11.6 Å². The van der Waals surface area contributed by atoms with Crippen LogP contribution in [0.3, 0.4) is 0 Å². The number of piperidine rings is 1. The van der Waals surface area contributed by atoms with E-state index in [0.29, 0.717) is 11.7 Å². The van der Waals surface area contributed by atoms with Gasteiger partial charge in [0.15, 0.2) is 0 Å². The van der Waals surface area contributed by atoms with Gasteiger partial charge >= 0.3 is 0 Å². The number of fused-ring (bicyclic) bond motifs is 4. The largest absolute Gasteiger partial charge is 0.363 e. The van der Waals surface area contributed by atoms with Crippen molar-refractivity contribution >= 4 is 44.2 Å². The summed E-state index contributed by atoms with van der Waals surface area (Å²) in [6.45, 7) is 8.49. The van der Waals surface area contributed by atoms with E-state index in [9.17, 15) is 8.42 Å². The second-order valence-corrected chi connectivity index (χ2v) is 12.1. The number of aromatic nitrogens is 4. The van der Waals surface area contributed by atoms with E-state index in [1.807, 2.05) is 32.2 Å². The van der Waals surface area contributed by atoms with E-state index < -0.39 is 10.0 Å². The molecule has 3 atom stereocenters. The van der Waals surface area contributed by atoms with Crippen LogP contribution in [0.1, 0.15) is 44.9 Å². The number of aromatic amines is 1. The molecule has 0 radical (unpaired) electrons. The zero-order valence-corrected chi connectivity index (χ0v) is 22.8. The van der Waals surface area contributed by atoms with Crippen LogP contribution in [0.4, 0.5) is 11.5 Å². The molecule has 11 heteroatoms. The number of halogens is 1. The summed E-state index contributed by atoms with van der Waals surface area (Å²) in [6.07, 6.45) is 7.70. The first kappa shape index (κ1) is 25.2. The Labute approximate surface area is 217 Å². The van der Waals surface area contributed by atoms with Crippen LogP contribution < -0.4 is 14.5 Å². The second-order valence-electron chi connectivity index (χ2n) is 9.93. The van der Waals surface area contributed by atoms with Crippen LogP contribution in [0.15, 0.2) is 24.7 Å². The van der Waals surface area contributed by atoms with Gasteiger partial charge in [-0.05, 0) is 43.7 Å². The lowest BCUT2D eigenvalue weighted by atomic mass is 9.92. The molecule has 9 nitrogen and oxygen atoms in total. The molecular weight excluding hydrogens is 498 g/mol. The zero-order valence-electron chi connectivity index (χ0n) is 21.2. The molecule has 3 unspecified atom stereocenters. The Balaban J connectivity index is 0.00000130. The molecule has 2 N–H and O–H groups in total. The molecule has 0 amide bonds. The number of nitrogens with one attached hydrogen (secondary N) is 2. The fourth-order valence-electron chi connectivity index (χ4n) is 6.15. The maximum absolute atomic E-state index is 11.9. The summed E-state index contributed by atoms with van der Waals surface area (Å²) < 4.78 is 26.7. The molecule has 36 heavy (non-hydrogen) atoms. The molecule has 0 aromatic carbocycles. The van der Waals surface area contributed by atoms with E-state index in [-0.39, 0.29) is 23.9 Å². The normalized spacial score (nSPS) is 25.5. The minimum absolute atomic E-state index is 0.0151. The van der Waals surface area contributed by atoms with Gasteiger partial charge in [0.05, 0.1) is 17.6 Å². The van der Waals surface area contributed by atoms with Gasteiger partial charge in [-0.3, -0.25) is 0 Å². The zero-order chi connectivity index (χ0) is 25.6. The van der Waals surface area contributed by atoms with Crippen LogP contribution in [-0.2, 0) is 23.0 Å². The second kappa shape index (κ2) is 9.79. The predicted octanol–water partition coefficient (Wildman–Crippen LogP) is 3.75. The van der Waals surface area contributed by atoms with Crippen LogP contribution in [0.2, 0.25) is 5.15 Å². The molecule has 6 rings (SSSR count). The Hall–Kier alpha value is -2.43. The van der Waals surface area contributed by atoms with E-state index >= 15 is 0 Å². The number of pyridine rings is 1. The Morgan fingerprint density at radius 3 is 2.58 bits per heavy atom. The number of sulfonamides is 1. The predicted molar refractivity (Wildman–Crippen MR) is 144 cm³/mol. The van der Waals surface area contributed by atoms with Gasteiger partial charge in [-0.25, -0.2) is 28.1 Å². The molecular formula is C25H34ClN7O2S. The minimum Gasteiger partial charge on any atom is -0.363 e. The summed E-state index contributed by atoms with van der Waals surface area (Å²) in [7, 11) is -3.23. The van der Waals surface area contributed by atoms with Crippen molar-refractivity contribution in [3.05, 3.63) is 41.1 Å². The molecule has 1 saturated heterocycles. The van der Waals surface area contributed by atoms with Gasteiger partial charge in [0, 0.05) is 55.3 Å². The maximum atomic E-state index is 11.9. The van der Waals surface area contributed by atoms with E-state index in [1.165, 1.54) is 6.26 Å². The Bertz CT molecular complexity index is 1350. The third-order valence-electron chi connectivity index (χ3n) is 7.63. The molecule has 3 aromatic heterocycles. The van der Waals surface area contributed by atoms with Crippen molar-refractivity contribution in [3.63, 3.8) is 0 Å². The molecule has 3 aromatic rings. The van der Waals surface area contributed by atoms with Crippen molar-refractivity contribution in [1.82, 2.24) is 24.7 Å². The van der Waals surface area contributed by atoms with Crippen molar-refractivity contribution < 1.29 is 8.42 Å². The number of anilines is 2. The summed E-state index contributed by atoms with van der Waals surface area (Å²) >= 11 is 6.36. The van der Waals surface area contributed by atoms with Crippen LogP contribution in [0.5, 0.6) is 0 Å². The van der Waals surface area contributed by atoms with E-state index in [4.69, 9.17) is 16.6 Å². The number of nitrogens with zero attached hydrogens (tertiary/aromatic N) is 5. The van der Waals surface area contributed by atoms with Gasteiger partial charge in [-0.15, -0.1) is 0 Å². The average Bonchev–Trinajstić information content (AvgIpc) is 3.38. The first-order valence-electron chi connectivity index (χ1n) is 12.7. The van der Waals surface area contributed by atoms with Gasteiger partial charge in [0.2, 0.25) is 10.0 Å². The fourth-order valence-corrected chi connectivity index (χ4v) is 7.22. The lowest BCUT2D eigenvalue weighted by Crippen LogP contribution is -2.53. The highest BCUT2D eigenvalue weighted by Crippen LogP contribution is 2.41. The number of rotatable bonds is 4. The monoisotopic (exact) mass is 531 g/mol. The lowest BCUT2D eigenvalue weighted by molar-refractivity contribution is 0.330. The molecule has 3 aliphatic rings. The molecule has 2 bridgehead atoms. The quantitative estimate of drug-likeness (QED) is 0.494. The van der Waals surface area contributed by atoms with Crippen LogP contribution in [0.25, 0.3) is 11.0 Å². The van der Waals surface area contributed by atoms with Crippen LogP contribution in [0, 0.1) is 11.8 Å². The summed E-state index contributed by atoms with van der Waals surface area (Å²) in [5.74, 6) is 1.55. The first-order chi connectivity index (χ1) is 17.3. The smallest absolute Gasteiger partial charge is 0.208 e. The van der Waals surface area contributed by atoms with Gasteiger partial charge in [-0.1, -0.05) is 25.4 Å². The van der Waals surface area contributed by atoms with Crippen LogP contribution in [-0.4, -0.2) is 59.8 Å². The SMILES string of the molecule is CC.CC1Cc2ncnc(N3CC4CCC(C3)C4NS(C)(=O)=O)c2CN1c1cc(Cl)nc2[nH]ccc12. The van der Waals surface area contributed by atoms with E-state index in [1.54, 1.807) is 6.33 Å². The highest BCUT2D eigenvalue weighted by atomic mass is 35.5. The van der Waals surface area contributed by atoms with Gasteiger partial charge in [0.25, 0.3) is 0 Å². The molecule has 2 fully saturated rings. The number of hydrogen-bond donors (Lipinski definition) is 2. The Morgan fingerprint density at radius 2 is 1.89 bits per heavy atom. The highest BCUT2D eigenvalue weighted by molar-refractivity contribution is 7.88. The molecule has 1 saturated carbocycles. The third kappa shape index (κ3) is 4.66. The molecule has 1 aliphatic carbocycles. The van der Waals surface area contributed by atoms with E-state index in [2.05, 4.69) is 36.4 Å². The fraction of sp³-hybridized carbons (Fsp3) is 0.560. The van der Waals surface area contributed by atoms with Crippen molar-refractivity contribution in [2.45, 2.75) is 58.7 Å². The van der Waals surface area contributed by atoms with Gasteiger partial charge in [0.1, 0.15) is 22.9 Å². The van der Waals surface area contributed by atoms with Crippen molar-refractivity contribution in [3.8, 4) is 0 Å². The molecule has 2 aliphatic heterocycles.